The lowest BCUT2D eigenvalue weighted by Crippen LogP contribution is -2.62. The fourth-order valence-corrected chi connectivity index (χ4v) is 8.24. The number of nitrogens with one attached hydrogen (secondary N) is 9. The van der Waals surface area contributed by atoms with Crippen molar-refractivity contribution >= 4 is 81.8 Å². The number of amides is 12. The highest BCUT2D eigenvalue weighted by molar-refractivity contribution is 5.99. The summed E-state index contributed by atoms with van der Waals surface area (Å²) in [7, 11) is 0. The Labute approximate surface area is 467 Å². The molecule has 2 aromatic rings. The van der Waals surface area contributed by atoms with E-state index in [0.717, 1.165) is 6.92 Å². The molecule has 31 heteroatoms. The van der Waals surface area contributed by atoms with Gasteiger partial charge in [0.05, 0.1) is 31.1 Å². The smallest absolute Gasteiger partial charge is 0.245 e. The summed E-state index contributed by atoms with van der Waals surface area (Å²) in [6.45, 7) is 2.88. The average Bonchev–Trinajstić information content (AvgIpc) is 3.89. The molecular weight excluding hydrogens is 1060 g/mol. The Morgan fingerprint density at radius 1 is 0.469 bits per heavy atom. The molecule has 27 N–H and O–H groups in total. The Morgan fingerprint density at radius 3 is 1.26 bits per heavy atom. The molecule has 31 nitrogen and oxygen atoms in total. The Kier molecular flexibility index (Phi) is 30.5. The maximum Gasteiger partial charge on any atom is 0.245 e. The lowest BCUT2D eigenvalue weighted by molar-refractivity contribution is -0.137. The zero-order valence-corrected chi connectivity index (χ0v) is 45.7. The molecule has 12 amide bonds. The maximum absolute atomic E-state index is 14.5. The van der Waals surface area contributed by atoms with E-state index < -0.39 is 163 Å². The van der Waals surface area contributed by atoms with Crippen LogP contribution in [0.15, 0.2) is 30.5 Å². The first-order valence-electron chi connectivity index (χ1n) is 26.6. The van der Waals surface area contributed by atoms with Crippen molar-refractivity contribution in [1.29, 1.82) is 0 Å². The third-order valence-corrected chi connectivity index (χ3v) is 12.7. The number of carbonyl (C=O) groups is 12. The second-order valence-corrected chi connectivity index (χ2v) is 19.6. The topological polar surface area (TPSA) is 565 Å². The first-order valence-corrected chi connectivity index (χ1v) is 26.6. The van der Waals surface area contributed by atoms with Crippen LogP contribution in [0.2, 0.25) is 0 Å². The number of nitrogens with two attached hydrogens (primary N) is 8. The third kappa shape index (κ3) is 24.6. The van der Waals surface area contributed by atoms with Gasteiger partial charge in [0.15, 0.2) is 0 Å². The molecule has 0 spiro atoms. The number of benzene rings is 1. The van der Waals surface area contributed by atoms with Crippen LogP contribution in [0.25, 0.3) is 10.9 Å². The van der Waals surface area contributed by atoms with Gasteiger partial charge in [0.1, 0.15) is 48.3 Å². The molecule has 0 saturated carbocycles. The van der Waals surface area contributed by atoms with Crippen LogP contribution in [0.5, 0.6) is 0 Å². The predicted octanol–water partition coefficient (Wildman–Crippen LogP) is -7.43. The van der Waals surface area contributed by atoms with Crippen LogP contribution in [0.1, 0.15) is 103 Å². The van der Waals surface area contributed by atoms with Crippen molar-refractivity contribution in [3.05, 3.63) is 36.0 Å². The molecule has 1 aromatic heterocycles. The summed E-state index contributed by atoms with van der Waals surface area (Å²) in [6, 6.07) is -7.10. The van der Waals surface area contributed by atoms with Gasteiger partial charge in [-0.1, -0.05) is 18.2 Å². The Morgan fingerprint density at radius 2 is 0.852 bits per heavy atom. The van der Waals surface area contributed by atoms with Gasteiger partial charge in [0.2, 0.25) is 70.9 Å². The van der Waals surface area contributed by atoms with Gasteiger partial charge in [-0.15, -0.1) is 0 Å². The lowest BCUT2D eigenvalue weighted by Gasteiger charge is -2.29. The van der Waals surface area contributed by atoms with Crippen molar-refractivity contribution in [3.8, 4) is 0 Å². The van der Waals surface area contributed by atoms with Gasteiger partial charge >= 0.3 is 0 Å². The standard InChI is InChI=1S/C50H83N17O14/c1-25(68)40(66-43(74)29(54)22-38(56)71)49(80)63-33(15-7-10-20-53)45(76)60-31(13-5-8-18-51)44(75)62-34(16-17-37(55)70)47(78)61-32(14-6-9-19-52)46(77)65-36(21-27-24-59-30-12-4-3-11-28(27)30)48(79)67-41(26(2)69)50(81)64-35(42(58)73)23-39(57)72/h3-4,11-12,24-26,29,31-36,40-41,59,68-69H,5-10,13-23,51-54H2,1-2H3,(H2,55,70)(H2,56,71)(H2,57,72)(H2,58,73)(H,60,76)(H,61,78)(H,62,75)(H,63,80)(H,64,81)(H,65,77)(H,66,74)(H,67,79)/t25-,26-,29+,31+,32+,33+,34+,35+,36+,40+,41+/m1/s1. The van der Waals surface area contributed by atoms with Crippen LogP contribution in [-0.2, 0) is 64.0 Å². The zero-order valence-electron chi connectivity index (χ0n) is 45.7. The van der Waals surface area contributed by atoms with E-state index in [0.29, 0.717) is 35.7 Å². The van der Waals surface area contributed by atoms with E-state index in [1.807, 2.05) is 0 Å². The van der Waals surface area contributed by atoms with Gasteiger partial charge in [-0.05, 0) is 109 Å². The quantitative estimate of drug-likeness (QED) is 0.0276. The van der Waals surface area contributed by atoms with Crippen LogP contribution in [0, 0.1) is 0 Å². The normalized spacial score (nSPS) is 15.3. The zero-order chi connectivity index (χ0) is 60.9. The maximum atomic E-state index is 14.5. The van der Waals surface area contributed by atoms with Crippen LogP contribution in [-0.4, -0.2) is 172 Å². The molecule has 2 rings (SSSR count). The summed E-state index contributed by atoms with van der Waals surface area (Å²) in [4.78, 5) is 162. The number of aliphatic hydroxyl groups excluding tert-OH is 2. The number of aliphatic hydroxyl groups is 2. The molecule has 0 saturated heterocycles. The number of primary amides is 4. The third-order valence-electron chi connectivity index (χ3n) is 12.7. The molecule has 0 bridgehead atoms. The van der Waals surface area contributed by atoms with Crippen molar-refractivity contribution in [3.63, 3.8) is 0 Å². The molecule has 0 radical (unpaired) electrons. The van der Waals surface area contributed by atoms with Crippen molar-refractivity contribution in [2.24, 2.45) is 45.9 Å². The molecule has 452 valence electrons. The molecule has 1 aromatic carbocycles. The molecule has 81 heavy (non-hydrogen) atoms. The van der Waals surface area contributed by atoms with Crippen LogP contribution in [0.4, 0.5) is 0 Å². The second-order valence-electron chi connectivity index (χ2n) is 19.6. The number of hydrogen-bond donors (Lipinski definition) is 19. The number of para-hydroxylation sites is 1. The van der Waals surface area contributed by atoms with E-state index in [2.05, 4.69) is 47.5 Å². The number of rotatable bonds is 40. The Hall–Kier alpha value is -7.84. The van der Waals surface area contributed by atoms with Crippen molar-refractivity contribution in [2.75, 3.05) is 19.6 Å². The summed E-state index contributed by atoms with van der Waals surface area (Å²) in [5.41, 5.74) is 45.3. The summed E-state index contributed by atoms with van der Waals surface area (Å²) >= 11 is 0. The van der Waals surface area contributed by atoms with E-state index >= 15 is 0 Å². The summed E-state index contributed by atoms with van der Waals surface area (Å²) in [6.07, 6.45) is -2.39. The summed E-state index contributed by atoms with van der Waals surface area (Å²) in [5, 5.41) is 41.4. The molecule has 1 heterocycles. The van der Waals surface area contributed by atoms with Crippen LogP contribution in [0.3, 0.4) is 0 Å². The highest BCUT2D eigenvalue weighted by Crippen LogP contribution is 2.20. The van der Waals surface area contributed by atoms with Crippen molar-refractivity contribution in [1.82, 2.24) is 47.5 Å². The number of fused-ring (bicyclic) bond motifs is 1. The molecule has 0 aliphatic carbocycles. The monoisotopic (exact) mass is 1150 g/mol. The number of carbonyl (C=O) groups excluding carboxylic acids is 12. The highest BCUT2D eigenvalue weighted by Gasteiger charge is 2.37. The summed E-state index contributed by atoms with van der Waals surface area (Å²) in [5.74, 6) is -12.0. The second kappa shape index (κ2) is 35.7. The first-order chi connectivity index (χ1) is 38.2. The van der Waals surface area contributed by atoms with Gasteiger partial charge < -0.3 is 104 Å². The number of hydrogen-bond acceptors (Lipinski definition) is 18. The molecule has 0 aliphatic rings. The molecule has 0 aliphatic heterocycles. The number of unbranched alkanes of at least 4 members (excludes halogenated alkanes) is 3. The fourth-order valence-electron chi connectivity index (χ4n) is 8.24. The van der Waals surface area contributed by atoms with Crippen LogP contribution >= 0.6 is 0 Å². The van der Waals surface area contributed by atoms with Gasteiger partial charge in [-0.2, -0.15) is 0 Å². The van der Waals surface area contributed by atoms with Gasteiger partial charge in [0, 0.05) is 29.9 Å². The minimum absolute atomic E-state index is 0.0542. The minimum Gasteiger partial charge on any atom is -0.391 e. The predicted molar refractivity (Wildman–Crippen MR) is 293 cm³/mol. The Bertz CT molecular complexity index is 2470. The lowest BCUT2D eigenvalue weighted by atomic mass is 10.0. The minimum atomic E-state index is -1.79. The molecule has 0 unspecified atom stereocenters. The molecule has 0 fully saturated rings. The number of aromatic amines is 1. The van der Waals surface area contributed by atoms with E-state index in [4.69, 9.17) is 45.9 Å². The van der Waals surface area contributed by atoms with Crippen molar-refractivity contribution in [2.45, 2.75) is 170 Å². The average molecular weight is 1150 g/mol. The largest absolute Gasteiger partial charge is 0.391 e. The highest BCUT2D eigenvalue weighted by atomic mass is 16.3. The van der Waals surface area contributed by atoms with E-state index in [-0.39, 0.29) is 64.6 Å². The van der Waals surface area contributed by atoms with Crippen molar-refractivity contribution < 1.29 is 67.7 Å². The van der Waals surface area contributed by atoms with Gasteiger partial charge in [-0.25, -0.2) is 0 Å². The van der Waals surface area contributed by atoms with E-state index in [9.17, 15) is 67.7 Å². The van der Waals surface area contributed by atoms with Gasteiger partial charge in [0.25, 0.3) is 0 Å². The first kappa shape index (κ1) is 69.3. The SMILES string of the molecule is C[C@@H](O)[C@H](NC(=O)[C@H](Cc1c[nH]c2ccccc12)NC(=O)[C@H](CCCCN)NC(=O)[C@H](CCC(N)=O)NC(=O)[C@H](CCCCN)NC(=O)[C@H](CCCCN)NC(=O)[C@@H](NC(=O)[C@@H](N)CC(N)=O)[C@@H](C)O)C(=O)N[C@@H](CC(N)=O)C(N)=O. The Balaban J connectivity index is 2.56. The van der Waals surface area contributed by atoms with Gasteiger partial charge in [-0.3, -0.25) is 57.5 Å². The van der Waals surface area contributed by atoms with E-state index in [1.165, 1.54) is 6.92 Å². The number of H-pyrrole nitrogens is 1. The van der Waals surface area contributed by atoms with Crippen LogP contribution < -0.4 is 88.4 Å². The molecular formula is C50H83N17O14. The molecule has 11 atom stereocenters. The number of aromatic nitrogens is 1. The van der Waals surface area contributed by atoms with E-state index in [1.54, 1.807) is 30.5 Å². The fraction of sp³-hybridized carbons (Fsp3) is 0.600. The summed E-state index contributed by atoms with van der Waals surface area (Å²) < 4.78 is 0.